The van der Waals surface area contributed by atoms with E-state index >= 15 is 0 Å². The van der Waals surface area contributed by atoms with E-state index in [0.29, 0.717) is 29.5 Å². The third-order valence-electron chi connectivity index (χ3n) is 6.19. The predicted octanol–water partition coefficient (Wildman–Crippen LogP) is 6.89. The van der Waals surface area contributed by atoms with Crippen molar-refractivity contribution < 1.29 is 17.9 Å². The maximum Gasteiger partial charge on any atom is 0.433 e. The fourth-order valence-corrected chi connectivity index (χ4v) is 4.36. The molecular weight excluding hydrogens is 455 g/mol. The molecule has 5 rings (SSSR count). The molecule has 9 heteroatoms. The highest BCUT2D eigenvalue weighted by molar-refractivity contribution is 5.79. The fourth-order valence-electron chi connectivity index (χ4n) is 4.36. The summed E-state index contributed by atoms with van der Waals surface area (Å²) < 4.78 is 46.0. The first-order valence-electron chi connectivity index (χ1n) is 11.6. The first-order valence-corrected chi connectivity index (χ1v) is 11.6. The Morgan fingerprint density at radius 3 is 2.63 bits per heavy atom. The van der Waals surface area contributed by atoms with Gasteiger partial charge in [0.1, 0.15) is 23.6 Å². The number of benzene rings is 1. The topological polar surface area (TPSA) is 72.8 Å². The molecule has 1 aromatic carbocycles. The largest absolute Gasteiger partial charge is 0.439 e. The SMILES string of the molecule is FC(F)(F)c1ccc(-c2cc(Oc3ccc4cccnc4c3)ncn2)c(NCC2CCCCC2)n1. The number of nitrogens with zero attached hydrogens (tertiary/aromatic N) is 4. The lowest BCUT2D eigenvalue weighted by Crippen LogP contribution is -2.19. The van der Waals surface area contributed by atoms with Crippen molar-refractivity contribution >= 4 is 16.7 Å². The molecule has 0 amide bonds. The molecule has 1 saturated carbocycles. The molecule has 0 aliphatic heterocycles. The van der Waals surface area contributed by atoms with Crippen LogP contribution in [-0.2, 0) is 6.18 Å². The van der Waals surface area contributed by atoms with Crippen molar-refractivity contribution in [3.05, 3.63) is 66.7 Å². The Balaban J connectivity index is 1.43. The van der Waals surface area contributed by atoms with E-state index in [-0.39, 0.29) is 11.7 Å². The Morgan fingerprint density at radius 1 is 0.943 bits per heavy atom. The molecule has 0 radical (unpaired) electrons. The quantitative estimate of drug-likeness (QED) is 0.325. The highest BCUT2D eigenvalue weighted by atomic mass is 19.4. The van der Waals surface area contributed by atoms with E-state index in [4.69, 9.17) is 4.74 Å². The van der Waals surface area contributed by atoms with Crippen LogP contribution in [0.5, 0.6) is 11.6 Å². The van der Waals surface area contributed by atoms with Gasteiger partial charge < -0.3 is 10.1 Å². The summed E-state index contributed by atoms with van der Waals surface area (Å²) in [4.78, 5) is 16.7. The van der Waals surface area contributed by atoms with Gasteiger partial charge in [-0.2, -0.15) is 13.2 Å². The summed E-state index contributed by atoms with van der Waals surface area (Å²) in [7, 11) is 0. The van der Waals surface area contributed by atoms with Crippen LogP contribution in [-0.4, -0.2) is 26.5 Å². The molecule has 0 spiro atoms. The van der Waals surface area contributed by atoms with Gasteiger partial charge in [-0.3, -0.25) is 4.98 Å². The van der Waals surface area contributed by atoms with Gasteiger partial charge in [0.15, 0.2) is 0 Å². The van der Waals surface area contributed by atoms with E-state index in [1.807, 2.05) is 24.3 Å². The minimum absolute atomic E-state index is 0.157. The van der Waals surface area contributed by atoms with Crippen LogP contribution >= 0.6 is 0 Å². The number of nitrogens with one attached hydrogen (secondary N) is 1. The summed E-state index contributed by atoms with van der Waals surface area (Å²) in [5.41, 5.74) is 0.713. The van der Waals surface area contributed by atoms with Crippen LogP contribution < -0.4 is 10.1 Å². The summed E-state index contributed by atoms with van der Waals surface area (Å²) >= 11 is 0. The summed E-state index contributed by atoms with van der Waals surface area (Å²) in [6.07, 6.45) is 4.12. The van der Waals surface area contributed by atoms with Crippen LogP contribution in [0.2, 0.25) is 0 Å². The van der Waals surface area contributed by atoms with Gasteiger partial charge in [0.05, 0.1) is 11.2 Å². The Bertz CT molecular complexity index is 1320. The van der Waals surface area contributed by atoms with Crippen LogP contribution in [0.4, 0.5) is 19.0 Å². The summed E-state index contributed by atoms with van der Waals surface area (Å²) in [6, 6.07) is 13.3. The molecule has 0 unspecified atom stereocenters. The maximum atomic E-state index is 13.4. The molecule has 1 aliphatic carbocycles. The highest BCUT2D eigenvalue weighted by Gasteiger charge is 2.33. The van der Waals surface area contributed by atoms with Crippen LogP contribution in [0.3, 0.4) is 0 Å². The normalized spacial score (nSPS) is 14.7. The van der Waals surface area contributed by atoms with E-state index in [1.165, 1.54) is 18.8 Å². The average Bonchev–Trinajstić information content (AvgIpc) is 2.87. The summed E-state index contributed by atoms with van der Waals surface area (Å²) in [5.74, 6) is 1.38. The zero-order valence-corrected chi connectivity index (χ0v) is 18.9. The number of hydrogen-bond donors (Lipinski definition) is 1. The van der Waals surface area contributed by atoms with Crippen LogP contribution in [0.1, 0.15) is 37.8 Å². The minimum Gasteiger partial charge on any atom is -0.439 e. The number of fused-ring (bicyclic) bond motifs is 1. The third-order valence-corrected chi connectivity index (χ3v) is 6.19. The molecule has 1 fully saturated rings. The van der Waals surface area contributed by atoms with Crippen molar-refractivity contribution in [3.8, 4) is 22.9 Å². The second kappa shape index (κ2) is 9.85. The van der Waals surface area contributed by atoms with Gasteiger partial charge in [0.25, 0.3) is 0 Å². The molecule has 180 valence electrons. The Labute approximate surface area is 200 Å². The van der Waals surface area contributed by atoms with E-state index in [1.54, 1.807) is 18.3 Å². The monoisotopic (exact) mass is 479 g/mol. The van der Waals surface area contributed by atoms with Gasteiger partial charge in [-0.1, -0.05) is 25.3 Å². The molecule has 35 heavy (non-hydrogen) atoms. The molecule has 6 nitrogen and oxygen atoms in total. The maximum absolute atomic E-state index is 13.4. The summed E-state index contributed by atoms with van der Waals surface area (Å²) in [6.45, 7) is 0.569. The Morgan fingerprint density at radius 2 is 1.80 bits per heavy atom. The molecule has 1 N–H and O–H groups in total. The molecule has 3 aromatic heterocycles. The molecular formula is C26H24F3N5O. The Hall–Kier alpha value is -3.75. The van der Waals surface area contributed by atoms with Gasteiger partial charge in [0, 0.05) is 35.8 Å². The van der Waals surface area contributed by atoms with Crippen molar-refractivity contribution in [1.82, 2.24) is 19.9 Å². The molecule has 0 saturated heterocycles. The highest BCUT2D eigenvalue weighted by Crippen LogP contribution is 2.34. The molecule has 0 atom stereocenters. The van der Waals surface area contributed by atoms with E-state index < -0.39 is 11.9 Å². The van der Waals surface area contributed by atoms with Gasteiger partial charge in [-0.05, 0) is 49.1 Å². The number of anilines is 1. The standard InChI is InChI=1S/C26H24F3N5O/c27-26(28,29)23-11-10-20(25(34-23)31-15-17-5-2-1-3-6-17)22-14-24(33-16-32-22)35-19-9-8-18-7-4-12-30-21(18)13-19/h4,7-14,16-17H,1-3,5-6,15H2,(H,31,34). The van der Waals surface area contributed by atoms with Crippen molar-refractivity contribution in [2.24, 2.45) is 5.92 Å². The lowest BCUT2D eigenvalue weighted by atomic mass is 9.89. The van der Waals surface area contributed by atoms with Crippen LogP contribution in [0.15, 0.2) is 61.1 Å². The molecule has 1 aliphatic rings. The average molecular weight is 480 g/mol. The number of halogens is 3. The zero-order chi connectivity index (χ0) is 24.3. The van der Waals surface area contributed by atoms with E-state index in [2.05, 4.69) is 25.3 Å². The van der Waals surface area contributed by atoms with Crippen LogP contribution in [0.25, 0.3) is 22.2 Å². The van der Waals surface area contributed by atoms with Gasteiger partial charge >= 0.3 is 6.18 Å². The van der Waals surface area contributed by atoms with Crippen LogP contribution in [0, 0.1) is 5.92 Å². The predicted molar refractivity (Wildman–Crippen MR) is 127 cm³/mol. The minimum atomic E-state index is -4.54. The first kappa shape index (κ1) is 23.0. The number of alkyl halides is 3. The zero-order valence-electron chi connectivity index (χ0n) is 18.9. The fraction of sp³-hybridized carbons (Fsp3) is 0.308. The van der Waals surface area contributed by atoms with Crippen molar-refractivity contribution in [2.75, 3.05) is 11.9 Å². The summed E-state index contributed by atoms with van der Waals surface area (Å²) in [5, 5.41) is 4.14. The molecule has 3 heterocycles. The van der Waals surface area contributed by atoms with Gasteiger partial charge in [-0.25, -0.2) is 15.0 Å². The van der Waals surface area contributed by atoms with Gasteiger partial charge in [-0.15, -0.1) is 0 Å². The second-order valence-electron chi connectivity index (χ2n) is 8.68. The van der Waals surface area contributed by atoms with E-state index in [0.717, 1.165) is 42.7 Å². The smallest absolute Gasteiger partial charge is 0.433 e. The Kier molecular flexibility index (Phi) is 6.48. The van der Waals surface area contributed by atoms with Crippen molar-refractivity contribution in [2.45, 2.75) is 38.3 Å². The van der Waals surface area contributed by atoms with Gasteiger partial charge in [0.2, 0.25) is 5.88 Å². The number of hydrogen-bond acceptors (Lipinski definition) is 6. The molecule has 4 aromatic rings. The lowest BCUT2D eigenvalue weighted by molar-refractivity contribution is -0.141. The number of pyridine rings is 2. The molecule has 0 bridgehead atoms. The number of aromatic nitrogens is 4. The lowest BCUT2D eigenvalue weighted by Gasteiger charge is -2.23. The first-order chi connectivity index (χ1) is 17.0. The van der Waals surface area contributed by atoms with E-state index in [9.17, 15) is 13.2 Å². The van der Waals surface area contributed by atoms with Crippen molar-refractivity contribution in [1.29, 1.82) is 0 Å². The van der Waals surface area contributed by atoms with Crippen molar-refractivity contribution in [3.63, 3.8) is 0 Å². The second-order valence-corrected chi connectivity index (χ2v) is 8.68. The third kappa shape index (κ3) is 5.50. The number of rotatable bonds is 6. The number of ether oxygens (including phenoxy) is 1.